The molecule has 0 unspecified atom stereocenters. The Kier molecular flexibility index (Phi) is 4.38. The Morgan fingerprint density at radius 3 is 2.95 bits per heavy atom. The third-order valence-electron chi connectivity index (χ3n) is 4.04. The van der Waals surface area contributed by atoms with Gasteiger partial charge in [-0.15, -0.1) is 0 Å². The van der Waals surface area contributed by atoms with Gasteiger partial charge in [0.25, 0.3) is 0 Å². The van der Waals surface area contributed by atoms with Crippen LogP contribution in [0.1, 0.15) is 24.8 Å². The number of carbonyl (C=O) groups excluding carboxylic acids is 2. The number of carbonyl (C=O) groups is 2. The fourth-order valence-electron chi connectivity index (χ4n) is 2.73. The lowest BCUT2D eigenvalue weighted by molar-refractivity contribution is -0.134. The summed E-state index contributed by atoms with van der Waals surface area (Å²) in [7, 11) is 0. The molecule has 1 aromatic rings. The van der Waals surface area contributed by atoms with Crippen LogP contribution in [0.15, 0.2) is 24.3 Å². The van der Waals surface area contributed by atoms with Gasteiger partial charge in [-0.25, -0.2) is 4.39 Å². The van der Waals surface area contributed by atoms with Crippen molar-refractivity contribution in [2.75, 3.05) is 13.1 Å². The predicted molar refractivity (Wildman–Crippen MR) is 79.4 cm³/mol. The molecule has 5 nitrogen and oxygen atoms in total. The number of nitrogens with one attached hydrogen (secondary N) is 2. The molecule has 1 aliphatic carbocycles. The van der Waals surface area contributed by atoms with Crippen molar-refractivity contribution in [1.29, 1.82) is 0 Å². The smallest absolute Gasteiger partial charge is 0.237 e. The quantitative estimate of drug-likeness (QED) is 0.846. The molecule has 3 rings (SSSR count). The molecule has 1 atom stereocenters. The first-order valence-corrected chi connectivity index (χ1v) is 7.67. The zero-order chi connectivity index (χ0) is 15.5. The number of hydrogen-bond donors (Lipinski definition) is 2. The third-order valence-corrected chi connectivity index (χ3v) is 4.04. The molecular formula is C16H20FN3O2. The van der Waals surface area contributed by atoms with Crippen LogP contribution < -0.4 is 10.6 Å². The highest BCUT2D eigenvalue weighted by molar-refractivity contribution is 5.89. The van der Waals surface area contributed by atoms with E-state index in [-0.39, 0.29) is 30.1 Å². The molecule has 0 spiro atoms. The summed E-state index contributed by atoms with van der Waals surface area (Å²) in [6, 6.07) is 6.15. The second-order valence-corrected chi connectivity index (χ2v) is 5.95. The number of piperazine rings is 1. The summed E-state index contributed by atoms with van der Waals surface area (Å²) in [6.45, 7) is 1.67. The minimum atomic E-state index is -0.490. The predicted octanol–water partition coefficient (Wildman–Crippen LogP) is 0.795. The fourth-order valence-corrected chi connectivity index (χ4v) is 2.73. The fraction of sp³-hybridized carbons (Fsp3) is 0.500. The molecule has 1 saturated carbocycles. The van der Waals surface area contributed by atoms with E-state index >= 15 is 0 Å². The largest absolute Gasteiger partial charge is 0.353 e. The van der Waals surface area contributed by atoms with Crippen molar-refractivity contribution < 1.29 is 14.0 Å². The maximum Gasteiger partial charge on any atom is 0.237 e. The molecule has 1 heterocycles. The van der Waals surface area contributed by atoms with Gasteiger partial charge in [0.15, 0.2) is 0 Å². The van der Waals surface area contributed by atoms with E-state index in [1.54, 1.807) is 6.07 Å². The standard InChI is InChI=1S/C16H20FN3O2/c17-12-3-1-2-11(8-12)10-20-7-6-18-16(22)14(20)9-15(21)19-13-4-5-13/h1-3,8,13-14H,4-7,9-10H2,(H,18,22)(H,19,21)/t14-/m1/s1. The Bertz CT molecular complexity index is 574. The van der Waals surface area contributed by atoms with Crippen LogP contribution in [0.25, 0.3) is 0 Å². The second-order valence-electron chi connectivity index (χ2n) is 5.95. The van der Waals surface area contributed by atoms with Gasteiger partial charge >= 0.3 is 0 Å². The zero-order valence-electron chi connectivity index (χ0n) is 12.3. The Hall–Kier alpha value is -1.95. The molecular weight excluding hydrogens is 285 g/mol. The second kappa shape index (κ2) is 6.44. The number of hydrogen-bond acceptors (Lipinski definition) is 3. The van der Waals surface area contributed by atoms with Gasteiger partial charge in [-0.1, -0.05) is 12.1 Å². The monoisotopic (exact) mass is 305 g/mol. The summed E-state index contributed by atoms with van der Waals surface area (Å²) in [5, 5.41) is 5.71. The van der Waals surface area contributed by atoms with Gasteiger partial charge in [0.05, 0.1) is 12.5 Å². The van der Waals surface area contributed by atoms with E-state index in [0.29, 0.717) is 19.6 Å². The van der Waals surface area contributed by atoms with E-state index in [2.05, 4.69) is 10.6 Å². The van der Waals surface area contributed by atoms with Gasteiger partial charge in [-0.05, 0) is 30.5 Å². The normalized spacial score (nSPS) is 22.2. The molecule has 2 amide bonds. The topological polar surface area (TPSA) is 61.4 Å². The summed E-state index contributed by atoms with van der Waals surface area (Å²) in [4.78, 5) is 26.0. The summed E-state index contributed by atoms with van der Waals surface area (Å²) < 4.78 is 13.3. The van der Waals surface area contributed by atoms with Crippen LogP contribution in [0.3, 0.4) is 0 Å². The van der Waals surface area contributed by atoms with Gasteiger partial charge < -0.3 is 10.6 Å². The first kappa shape index (κ1) is 15.0. The maximum atomic E-state index is 13.3. The average Bonchev–Trinajstić information content (AvgIpc) is 3.26. The SMILES string of the molecule is O=C(C[C@@H]1C(=O)NCCN1Cc1cccc(F)c1)NC1CC1. The summed E-state index contributed by atoms with van der Waals surface area (Å²) in [5.41, 5.74) is 0.808. The number of benzene rings is 1. The molecule has 0 radical (unpaired) electrons. The van der Waals surface area contributed by atoms with Crippen LogP contribution in [0.4, 0.5) is 4.39 Å². The van der Waals surface area contributed by atoms with Crippen LogP contribution in [-0.2, 0) is 16.1 Å². The molecule has 2 N–H and O–H groups in total. The van der Waals surface area contributed by atoms with Crippen LogP contribution >= 0.6 is 0 Å². The first-order valence-electron chi connectivity index (χ1n) is 7.67. The molecule has 1 saturated heterocycles. The summed E-state index contributed by atoms with van der Waals surface area (Å²) in [6.07, 6.45) is 2.20. The van der Waals surface area contributed by atoms with Gasteiger partial charge in [0.2, 0.25) is 11.8 Å². The van der Waals surface area contributed by atoms with Crippen molar-refractivity contribution in [3.05, 3.63) is 35.6 Å². The minimum absolute atomic E-state index is 0.0891. The third kappa shape index (κ3) is 3.82. The first-order chi connectivity index (χ1) is 10.6. The van der Waals surface area contributed by atoms with Crippen LogP contribution in [0.5, 0.6) is 0 Å². The van der Waals surface area contributed by atoms with Gasteiger partial charge in [-0.2, -0.15) is 0 Å². The van der Waals surface area contributed by atoms with Crippen LogP contribution in [-0.4, -0.2) is 41.9 Å². The molecule has 6 heteroatoms. The number of amides is 2. The van der Waals surface area contributed by atoms with Crippen molar-refractivity contribution in [2.24, 2.45) is 0 Å². The van der Waals surface area contributed by atoms with E-state index in [1.165, 1.54) is 12.1 Å². The molecule has 118 valence electrons. The van der Waals surface area contributed by atoms with Crippen molar-refractivity contribution in [2.45, 2.75) is 37.9 Å². The highest BCUT2D eigenvalue weighted by Crippen LogP contribution is 2.20. The minimum Gasteiger partial charge on any atom is -0.353 e. The zero-order valence-corrected chi connectivity index (χ0v) is 12.3. The molecule has 2 fully saturated rings. The molecule has 1 aliphatic heterocycles. The molecule has 2 aliphatic rings. The number of halogens is 1. The maximum absolute atomic E-state index is 13.3. The van der Waals surface area contributed by atoms with Crippen molar-refractivity contribution in [1.82, 2.24) is 15.5 Å². The van der Waals surface area contributed by atoms with E-state index in [4.69, 9.17) is 0 Å². The lowest BCUT2D eigenvalue weighted by atomic mass is 10.1. The number of rotatable bonds is 5. The highest BCUT2D eigenvalue weighted by Gasteiger charge is 2.33. The van der Waals surface area contributed by atoms with Crippen LogP contribution in [0, 0.1) is 5.82 Å². The molecule has 22 heavy (non-hydrogen) atoms. The average molecular weight is 305 g/mol. The van der Waals surface area contributed by atoms with E-state index in [9.17, 15) is 14.0 Å². The van der Waals surface area contributed by atoms with Crippen molar-refractivity contribution >= 4 is 11.8 Å². The Morgan fingerprint density at radius 2 is 2.23 bits per heavy atom. The highest BCUT2D eigenvalue weighted by atomic mass is 19.1. The summed E-state index contributed by atoms with van der Waals surface area (Å²) >= 11 is 0. The molecule has 0 aromatic heterocycles. The van der Waals surface area contributed by atoms with Gasteiger partial charge in [0.1, 0.15) is 5.82 Å². The van der Waals surface area contributed by atoms with Crippen molar-refractivity contribution in [3.63, 3.8) is 0 Å². The summed E-state index contributed by atoms with van der Waals surface area (Å²) in [5.74, 6) is -0.510. The lowest BCUT2D eigenvalue weighted by Gasteiger charge is -2.34. The van der Waals surface area contributed by atoms with Crippen LogP contribution in [0.2, 0.25) is 0 Å². The van der Waals surface area contributed by atoms with E-state index < -0.39 is 6.04 Å². The van der Waals surface area contributed by atoms with Gasteiger partial charge in [-0.3, -0.25) is 14.5 Å². The Morgan fingerprint density at radius 1 is 1.41 bits per heavy atom. The van der Waals surface area contributed by atoms with Crippen molar-refractivity contribution in [3.8, 4) is 0 Å². The Labute approximate surface area is 128 Å². The Balaban J connectivity index is 1.66. The van der Waals surface area contributed by atoms with Gasteiger partial charge in [0, 0.05) is 25.7 Å². The van der Waals surface area contributed by atoms with E-state index in [1.807, 2.05) is 11.0 Å². The lowest BCUT2D eigenvalue weighted by Crippen LogP contribution is -2.56. The molecule has 0 bridgehead atoms. The molecule has 1 aromatic carbocycles. The van der Waals surface area contributed by atoms with E-state index in [0.717, 1.165) is 18.4 Å². The number of nitrogens with zero attached hydrogens (tertiary/aromatic N) is 1.